The topological polar surface area (TPSA) is 110 Å². The molecule has 29 heavy (non-hydrogen) atoms. The molecule has 2 aliphatic rings. The molecule has 1 aromatic carbocycles. The summed E-state index contributed by atoms with van der Waals surface area (Å²) in [6.45, 7) is 3.57. The normalized spacial score (nSPS) is 17.1. The predicted octanol–water partition coefficient (Wildman–Crippen LogP) is 2.02. The molecule has 0 saturated carbocycles. The zero-order chi connectivity index (χ0) is 20.9. The van der Waals surface area contributed by atoms with Crippen molar-refractivity contribution in [1.29, 1.82) is 0 Å². The number of aromatic nitrogens is 1. The van der Waals surface area contributed by atoms with E-state index in [2.05, 4.69) is 4.99 Å². The van der Waals surface area contributed by atoms with Crippen molar-refractivity contribution in [2.45, 2.75) is 19.9 Å². The third kappa shape index (κ3) is 3.34. The number of fused-ring (bicyclic) bond motifs is 2. The Kier molecular flexibility index (Phi) is 4.75. The van der Waals surface area contributed by atoms with Crippen LogP contribution >= 0.6 is 23.6 Å². The van der Waals surface area contributed by atoms with E-state index in [1.54, 1.807) is 32.1 Å². The molecule has 3 heterocycles. The van der Waals surface area contributed by atoms with Crippen LogP contribution in [0, 0.1) is 9.87 Å². The molecule has 8 nitrogen and oxygen atoms in total. The predicted molar refractivity (Wildman–Crippen MR) is 107 cm³/mol. The molecule has 2 aliphatic heterocycles. The number of aromatic hydroxyl groups is 1. The maximum Gasteiger partial charge on any atom is 0.327 e. The quantitative estimate of drug-likeness (QED) is 0.562. The highest BCUT2D eigenvalue weighted by Crippen LogP contribution is 2.35. The second-order valence-corrected chi connectivity index (χ2v) is 8.55. The summed E-state index contributed by atoms with van der Waals surface area (Å²) in [6, 6.07) is 2.36. The van der Waals surface area contributed by atoms with Crippen LogP contribution in [0.2, 0.25) is 0 Å². The number of hydrogen-bond acceptors (Lipinski definition) is 7. The lowest BCUT2D eigenvalue weighted by Crippen LogP contribution is -2.30. The average molecular weight is 432 g/mol. The molecule has 0 spiro atoms. The fourth-order valence-electron chi connectivity index (χ4n) is 3.23. The number of carboxylic acid groups (broad SMARTS) is 1. The summed E-state index contributed by atoms with van der Waals surface area (Å²) in [5, 5.41) is 21.3. The summed E-state index contributed by atoms with van der Waals surface area (Å²) in [7, 11) is 0. The number of nitrogens with zero attached hydrogens (tertiary/aromatic N) is 2. The van der Waals surface area contributed by atoms with Gasteiger partial charge in [-0.15, -0.1) is 11.3 Å². The number of carboxylic acids is 1. The standard InChI is InChI=1S/C19H16N2O6S2/c1-8(2)15(18(24)25)21-17(23)14(29-19(21)28)5-10-3-9-4-12-13(27-7-26-12)6-11(9)20-16(10)22/h3-6,8,15,23H,7H2,1-2H3,(H,24,25)/b10-5-. The van der Waals surface area contributed by atoms with E-state index in [1.165, 1.54) is 10.6 Å². The maximum absolute atomic E-state index is 12.5. The van der Waals surface area contributed by atoms with Gasteiger partial charge in [-0.2, -0.15) is 0 Å². The molecule has 0 saturated heterocycles. The largest absolute Gasteiger partial charge is 0.493 e. The first kappa shape index (κ1) is 19.3. The van der Waals surface area contributed by atoms with E-state index < -0.39 is 17.9 Å². The summed E-state index contributed by atoms with van der Waals surface area (Å²) >= 11 is 6.30. The smallest absolute Gasteiger partial charge is 0.327 e. The van der Waals surface area contributed by atoms with Gasteiger partial charge in [-0.05, 0) is 36.4 Å². The third-order valence-electron chi connectivity index (χ3n) is 4.59. The van der Waals surface area contributed by atoms with Crippen LogP contribution in [0.3, 0.4) is 0 Å². The Morgan fingerprint density at radius 2 is 2.03 bits per heavy atom. The molecule has 4 rings (SSSR count). The van der Waals surface area contributed by atoms with Gasteiger partial charge in [0, 0.05) is 16.9 Å². The number of rotatable bonds is 4. The van der Waals surface area contributed by atoms with E-state index in [-0.39, 0.29) is 28.1 Å². The Balaban J connectivity index is 1.81. The third-order valence-corrected chi connectivity index (χ3v) is 5.93. The van der Waals surface area contributed by atoms with Crippen LogP contribution in [0.25, 0.3) is 12.2 Å². The minimum absolute atomic E-state index is 0.111. The van der Waals surface area contributed by atoms with E-state index in [9.17, 15) is 19.8 Å². The minimum Gasteiger partial charge on any atom is -0.493 e. The van der Waals surface area contributed by atoms with Gasteiger partial charge in [0.1, 0.15) is 6.04 Å². The van der Waals surface area contributed by atoms with E-state index >= 15 is 0 Å². The summed E-state index contributed by atoms with van der Waals surface area (Å²) in [5.74, 6) is -1.07. The van der Waals surface area contributed by atoms with Crippen molar-refractivity contribution in [1.82, 2.24) is 4.57 Å². The molecule has 2 N–H and O–H groups in total. The van der Waals surface area contributed by atoms with Crippen molar-refractivity contribution < 1.29 is 29.3 Å². The van der Waals surface area contributed by atoms with E-state index in [0.717, 1.165) is 11.3 Å². The number of ether oxygens (including phenoxy) is 2. The van der Waals surface area contributed by atoms with Gasteiger partial charge in [0.25, 0.3) is 5.91 Å². The molecular weight excluding hydrogens is 416 g/mol. The lowest BCUT2D eigenvalue weighted by molar-refractivity contribution is -0.142. The molecule has 1 atom stereocenters. The first-order valence-electron chi connectivity index (χ1n) is 8.69. The fourth-order valence-corrected chi connectivity index (χ4v) is 4.57. The monoisotopic (exact) mass is 432 g/mol. The fraction of sp³-hybridized carbons (Fsp3) is 0.263. The molecule has 0 bridgehead atoms. The number of amides is 1. The SMILES string of the molecule is CC(C)C(C(=O)O)n1c(O)c(/C=C2/C=c3cc4c(cc3=NC2=O)OCO4)sc1=S. The van der Waals surface area contributed by atoms with Crippen molar-refractivity contribution in [2.75, 3.05) is 6.79 Å². The zero-order valence-corrected chi connectivity index (χ0v) is 17.0. The van der Waals surface area contributed by atoms with E-state index in [4.69, 9.17) is 21.7 Å². The van der Waals surface area contributed by atoms with Gasteiger partial charge >= 0.3 is 5.97 Å². The van der Waals surface area contributed by atoms with Crippen LogP contribution in [-0.4, -0.2) is 33.4 Å². The summed E-state index contributed by atoms with van der Waals surface area (Å²) in [4.78, 5) is 28.5. The van der Waals surface area contributed by atoms with Crippen LogP contribution in [0.4, 0.5) is 0 Å². The first-order chi connectivity index (χ1) is 13.8. The highest BCUT2D eigenvalue weighted by molar-refractivity contribution is 7.73. The summed E-state index contributed by atoms with van der Waals surface area (Å²) in [6.07, 6.45) is 3.10. The maximum atomic E-state index is 12.5. The van der Waals surface area contributed by atoms with Gasteiger partial charge in [-0.25, -0.2) is 9.79 Å². The van der Waals surface area contributed by atoms with Crippen LogP contribution in [0.1, 0.15) is 24.8 Å². The van der Waals surface area contributed by atoms with Gasteiger partial charge in [-0.3, -0.25) is 9.36 Å². The molecular formula is C19H16N2O6S2. The van der Waals surface area contributed by atoms with Crippen LogP contribution in [0.15, 0.2) is 22.7 Å². The Labute approximate surface area is 173 Å². The van der Waals surface area contributed by atoms with Gasteiger partial charge in [-0.1, -0.05) is 13.8 Å². The van der Waals surface area contributed by atoms with Crippen molar-refractivity contribution >= 4 is 47.6 Å². The van der Waals surface area contributed by atoms with Crippen LogP contribution in [-0.2, 0) is 9.59 Å². The Bertz CT molecular complexity index is 1250. The molecule has 150 valence electrons. The van der Waals surface area contributed by atoms with Crippen molar-refractivity contribution in [3.63, 3.8) is 0 Å². The lowest BCUT2D eigenvalue weighted by Gasteiger charge is -2.18. The van der Waals surface area contributed by atoms with E-state index in [1.807, 2.05) is 0 Å². The zero-order valence-electron chi connectivity index (χ0n) is 15.4. The Morgan fingerprint density at radius 1 is 1.34 bits per heavy atom. The number of thiazole rings is 1. The second-order valence-electron chi connectivity index (χ2n) is 6.88. The Hall–Kier alpha value is -2.98. The van der Waals surface area contributed by atoms with Crippen molar-refractivity contribution in [3.05, 3.63) is 37.1 Å². The number of aliphatic carboxylic acids is 1. The van der Waals surface area contributed by atoms with E-state index in [0.29, 0.717) is 27.0 Å². The first-order valence-corrected chi connectivity index (χ1v) is 9.92. The number of hydrogen-bond donors (Lipinski definition) is 2. The number of carbonyl (C=O) groups excluding carboxylic acids is 1. The van der Waals surface area contributed by atoms with Crippen LogP contribution in [0.5, 0.6) is 17.4 Å². The van der Waals surface area contributed by atoms with Crippen molar-refractivity contribution in [3.8, 4) is 17.4 Å². The average Bonchev–Trinajstić information content (AvgIpc) is 3.19. The van der Waals surface area contributed by atoms with Gasteiger partial charge < -0.3 is 19.7 Å². The van der Waals surface area contributed by atoms with Crippen molar-refractivity contribution in [2.24, 2.45) is 10.9 Å². The minimum atomic E-state index is -1.09. The van der Waals surface area contributed by atoms with Gasteiger partial charge in [0.2, 0.25) is 12.7 Å². The molecule has 0 fully saturated rings. The number of carbonyl (C=O) groups is 2. The highest BCUT2D eigenvalue weighted by atomic mass is 32.1. The molecule has 0 aliphatic carbocycles. The second kappa shape index (κ2) is 7.12. The van der Waals surface area contributed by atoms with Crippen LogP contribution < -0.4 is 20.0 Å². The summed E-state index contributed by atoms with van der Waals surface area (Å²) < 4.78 is 12.1. The summed E-state index contributed by atoms with van der Waals surface area (Å²) in [5.41, 5.74) is 0.242. The van der Waals surface area contributed by atoms with Gasteiger partial charge in [0.15, 0.2) is 15.5 Å². The highest BCUT2D eigenvalue weighted by Gasteiger charge is 2.28. The molecule has 1 amide bonds. The molecule has 0 radical (unpaired) electrons. The molecule has 2 aromatic rings. The molecule has 10 heteroatoms. The van der Waals surface area contributed by atoms with Gasteiger partial charge in [0.05, 0.1) is 10.2 Å². The Morgan fingerprint density at radius 3 is 2.69 bits per heavy atom. The number of benzene rings is 1. The molecule has 1 aromatic heterocycles. The molecule has 1 unspecified atom stereocenters. The lowest BCUT2D eigenvalue weighted by atomic mass is 10.0.